The Labute approximate surface area is 114 Å². The quantitative estimate of drug-likeness (QED) is 0.607. The average Bonchev–Trinajstić information content (AvgIpc) is 2.33. The molecule has 104 valence electrons. The molecule has 0 aliphatic rings. The molecule has 1 aromatic rings. The number of benzene rings is 1. The van der Waals surface area contributed by atoms with Crippen molar-refractivity contribution in [3.63, 3.8) is 0 Å². The van der Waals surface area contributed by atoms with Gasteiger partial charge < -0.3 is 14.7 Å². The Kier molecular flexibility index (Phi) is 5.53. The summed E-state index contributed by atoms with van der Waals surface area (Å²) in [5, 5.41) is 20.1. The molecular formula is C11H13ClN2O5. The molecule has 19 heavy (non-hydrogen) atoms. The fraction of sp³-hybridized carbons (Fsp3) is 0.364. The van der Waals surface area contributed by atoms with Crippen LogP contribution in [0, 0.1) is 10.1 Å². The molecule has 0 atom stereocenters. The number of nitrogens with zero attached hydrogens (tertiary/aromatic N) is 2. The SMILES string of the molecule is COCCN(CC(=O)O)c1cc(Cl)ccc1[N+](=O)[O-]. The molecule has 1 N–H and O–H groups in total. The summed E-state index contributed by atoms with van der Waals surface area (Å²) in [6.45, 7) is 0.0888. The number of hydrogen-bond acceptors (Lipinski definition) is 5. The second-order valence-corrected chi connectivity index (χ2v) is 4.13. The van der Waals surface area contributed by atoms with Gasteiger partial charge in [0.2, 0.25) is 0 Å². The summed E-state index contributed by atoms with van der Waals surface area (Å²) in [4.78, 5) is 22.5. The first-order valence-electron chi connectivity index (χ1n) is 5.35. The average molecular weight is 289 g/mol. The molecule has 1 rings (SSSR count). The minimum Gasteiger partial charge on any atom is -0.480 e. The van der Waals surface area contributed by atoms with Gasteiger partial charge in [-0.05, 0) is 12.1 Å². The van der Waals surface area contributed by atoms with E-state index in [1.54, 1.807) is 0 Å². The van der Waals surface area contributed by atoms with Gasteiger partial charge in [0, 0.05) is 24.7 Å². The Bertz CT molecular complexity index is 480. The van der Waals surface area contributed by atoms with Gasteiger partial charge in [-0.25, -0.2) is 0 Å². The van der Waals surface area contributed by atoms with Crippen LogP contribution in [0.4, 0.5) is 11.4 Å². The predicted molar refractivity (Wildman–Crippen MR) is 69.8 cm³/mol. The number of aliphatic carboxylic acids is 1. The fourth-order valence-corrected chi connectivity index (χ4v) is 1.72. The highest BCUT2D eigenvalue weighted by Crippen LogP contribution is 2.30. The lowest BCUT2D eigenvalue weighted by Crippen LogP contribution is -2.33. The van der Waals surface area contributed by atoms with Crippen LogP contribution < -0.4 is 4.90 Å². The Balaban J connectivity index is 3.14. The Morgan fingerprint density at radius 1 is 1.58 bits per heavy atom. The number of carbonyl (C=O) groups is 1. The van der Waals surface area contributed by atoms with Gasteiger partial charge in [-0.15, -0.1) is 0 Å². The van der Waals surface area contributed by atoms with E-state index >= 15 is 0 Å². The molecule has 0 aromatic heterocycles. The van der Waals surface area contributed by atoms with Crippen LogP contribution in [0.25, 0.3) is 0 Å². The number of carboxylic acid groups (broad SMARTS) is 1. The highest BCUT2D eigenvalue weighted by molar-refractivity contribution is 6.31. The summed E-state index contributed by atoms with van der Waals surface area (Å²) in [5.41, 5.74) is -0.0290. The fourth-order valence-electron chi connectivity index (χ4n) is 1.55. The zero-order valence-corrected chi connectivity index (χ0v) is 11.0. The summed E-state index contributed by atoms with van der Waals surface area (Å²) in [5.74, 6) is -1.09. The van der Waals surface area contributed by atoms with E-state index < -0.39 is 10.9 Å². The molecule has 0 saturated carbocycles. The number of anilines is 1. The maximum atomic E-state index is 11.0. The first kappa shape index (κ1) is 15.2. The molecule has 8 heteroatoms. The first-order chi connectivity index (χ1) is 8.95. The van der Waals surface area contributed by atoms with Crippen LogP contribution in [0.5, 0.6) is 0 Å². The first-order valence-corrected chi connectivity index (χ1v) is 5.73. The summed E-state index contributed by atoms with van der Waals surface area (Å²) < 4.78 is 4.87. The van der Waals surface area contributed by atoms with Crippen LogP contribution in [0.3, 0.4) is 0 Å². The molecule has 1 aromatic carbocycles. The van der Waals surface area contributed by atoms with Gasteiger partial charge in [-0.2, -0.15) is 0 Å². The molecule has 0 aliphatic carbocycles. The molecule has 0 bridgehead atoms. The second-order valence-electron chi connectivity index (χ2n) is 3.70. The Morgan fingerprint density at radius 3 is 2.79 bits per heavy atom. The van der Waals surface area contributed by atoms with Crippen molar-refractivity contribution in [1.29, 1.82) is 0 Å². The van der Waals surface area contributed by atoms with E-state index in [-0.39, 0.29) is 31.1 Å². The van der Waals surface area contributed by atoms with E-state index in [4.69, 9.17) is 21.4 Å². The van der Waals surface area contributed by atoms with Crippen LogP contribution in [0.1, 0.15) is 0 Å². The van der Waals surface area contributed by atoms with E-state index in [1.807, 2.05) is 0 Å². The number of rotatable bonds is 7. The number of methoxy groups -OCH3 is 1. The largest absolute Gasteiger partial charge is 0.480 e. The van der Waals surface area contributed by atoms with Gasteiger partial charge in [0.05, 0.1) is 11.5 Å². The molecule has 7 nitrogen and oxygen atoms in total. The lowest BCUT2D eigenvalue weighted by molar-refractivity contribution is -0.384. The lowest BCUT2D eigenvalue weighted by atomic mass is 10.2. The molecule has 0 heterocycles. The van der Waals surface area contributed by atoms with Gasteiger partial charge in [-0.1, -0.05) is 11.6 Å². The van der Waals surface area contributed by atoms with E-state index in [0.717, 1.165) is 0 Å². The van der Waals surface area contributed by atoms with Crippen LogP contribution in [-0.2, 0) is 9.53 Å². The van der Waals surface area contributed by atoms with Gasteiger partial charge in [0.1, 0.15) is 12.2 Å². The third-order valence-electron chi connectivity index (χ3n) is 2.37. The lowest BCUT2D eigenvalue weighted by Gasteiger charge is -2.22. The van der Waals surface area contributed by atoms with E-state index in [1.165, 1.54) is 30.2 Å². The van der Waals surface area contributed by atoms with E-state index in [0.29, 0.717) is 5.02 Å². The standard InChI is InChI=1S/C11H13ClN2O5/c1-19-5-4-13(7-11(15)16)10-6-8(12)2-3-9(10)14(17)18/h2-3,6H,4-5,7H2,1H3,(H,15,16). The number of nitro benzene ring substituents is 1. The molecule has 0 fully saturated rings. The van der Waals surface area contributed by atoms with Gasteiger partial charge in [0.15, 0.2) is 0 Å². The van der Waals surface area contributed by atoms with Crippen molar-refractivity contribution in [3.05, 3.63) is 33.3 Å². The van der Waals surface area contributed by atoms with Crippen molar-refractivity contribution in [2.45, 2.75) is 0 Å². The minimum absolute atomic E-state index is 0.164. The van der Waals surface area contributed by atoms with E-state index in [2.05, 4.69) is 0 Å². The number of nitro groups is 1. The third kappa shape index (κ3) is 4.38. The van der Waals surface area contributed by atoms with Crippen molar-refractivity contribution in [2.24, 2.45) is 0 Å². The van der Waals surface area contributed by atoms with Crippen molar-refractivity contribution in [1.82, 2.24) is 0 Å². The predicted octanol–water partition coefficient (Wildman–Crippen LogP) is 1.79. The van der Waals surface area contributed by atoms with Gasteiger partial charge >= 0.3 is 5.97 Å². The van der Waals surface area contributed by atoms with E-state index in [9.17, 15) is 14.9 Å². The molecule has 0 radical (unpaired) electrons. The molecule has 0 aliphatic heterocycles. The topological polar surface area (TPSA) is 92.9 Å². The van der Waals surface area contributed by atoms with Crippen LogP contribution in [-0.4, -0.2) is 42.8 Å². The third-order valence-corrected chi connectivity index (χ3v) is 2.60. The Hall–Kier alpha value is -1.86. The number of ether oxygens (including phenoxy) is 1. The smallest absolute Gasteiger partial charge is 0.323 e. The highest BCUT2D eigenvalue weighted by atomic mass is 35.5. The maximum Gasteiger partial charge on any atom is 0.323 e. The second kappa shape index (κ2) is 6.91. The zero-order chi connectivity index (χ0) is 14.4. The maximum absolute atomic E-state index is 11.0. The van der Waals surface area contributed by atoms with Crippen molar-refractivity contribution >= 4 is 28.9 Å². The summed E-state index contributed by atoms with van der Waals surface area (Å²) in [7, 11) is 1.46. The van der Waals surface area contributed by atoms with Crippen molar-refractivity contribution in [2.75, 3.05) is 31.7 Å². The summed E-state index contributed by atoms with van der Waals surface area (Å²) in [6.07, 6.45) is 0. The highest BCUT2D eigenvalue weighted by Gasteiger charge is 2.21. The molecule has 0 saturated heterocycles. The van der Waals surface area contributed by atoms with Gasteiger partial charge in [-0.3, -0.25) is 14.9 Å². The van der Waals surface area contributed by atoms with Crippen molar-refractivity contribution in [3.8, 4) is 0 Å². The Morgan fingerprint density at radius 2 is 2.26 bits per heavy atom. The monoisotopic (exact) mass is 288 g/mol. The molecular weight excluding hydrogens is 276 g/mol. The number of carboxylic acids is 1. The van der Waals surface area contributed by atoms with Crippen LogP contribution >= 0.6 is 11.6 Å². The van der Waals surface area contributed by atoms with Crippen molar-refractivity contribution < 1.29 is 19.6 Å². The summed E-state index contributed by atoms with van der Waals surface area (Å²) >= 11 is 5.81. The number of halogens is 1. The zero-order valence-electron chi connectivity index (χ0n) is 10.2. The minimum atomic E-state index is -1.09. The number of hydrogen-bond donors (Lipinski definition) is 1. The molecule has 0 unspecified atom stereocenters. The normalized spacial score (nSPS) is 10.2. The molecule has 0 amide bonds. The summed E-state index contributed by atoms with van der Waals surface area (Å²) in [6, 6.07) is 4.01. The van der Waals surface area contributed by atoms with Gasteiger partial charge in [0.25, 0.3) is 5.69 Å². The van der Waals surface area contributed by atoms with Crippen LogP contribution in [0.2, 0.25) is 5.02 Å². The van der Waals surface area contributed by atoms with Crippen LogP contribution in [0.15, 0.2) is 18.2 Å². The molecule has 0 spiro atoms.